The Bertz CT molecular complexity index is 395. The van der Waals surface area contributed by atoms with Crippen molar-refractivity contribution in [2.24, 2.45) is 5.73 Å². The first kappa shape index (κ1) is 17.4. The number of aryl methyl sites for hydroxylation is 2. The van der Waals surface area contributed by atoms with Crippen LogP contribution in [0.4, 0.5) is 0 Å². The normalized spacial score (nSPS) is 11.8. The fraction of sp³-hybridized carbons (Fsp3) is 0.667. The summed E-state index contributed by atoms with van der Waals surface area (Å²) in [5.74, 6) is 0.0887. The molecule has 1 heterocycles. The number of nitrogens with two attached hydrogens (primary N) is 1. The van der Waals surface area contributed by atoms with E-state index in [0.717, 1.165) is 17.1 Å². The zero-order valence-corrected chi connectivity index (χ0v) is 13.0. The summed E-state index contributed by atoms with van der Waals surface area (Å²) in [7, 11) is 1.83. The molecule has 0 spiro atoms. The Morgan fingerprint density at radius 1 is 1.56 bits per heavy atom. The van der Waals surface area contributed by atoms with Gasteiger partial charge in [-0.15, -0.1) is 23.7 Å². The lowest BCUT2D eigenvalue weighted by Crippen LogP contribution is -2.30. The number of nitrogens with zero attached hydrogens (tertiary/aromatic N) is 2. The molecule has 6 heteroatoms. The molecule has 0 aliphatic carbocycles. The van der Waals surface area contributed by atoms with Gasteiger partial charge in [-0.2, -0.15) is 0 Å². The molecule has 0 aliphatic heterocycles. The Kier molecular flexibility index (Phi) is 7.43. The van der Waals surface area contributed by atoms with E-state index in [9.17, 15) is 4.79 Å². The van der Waals surface area contributed by atoms with Gasteiger partial charge in [-0.3, -0.25) is 4.79 Å². The Balaban J connectivity index is 0.00000289. The predicted octanol–water partition coefficient (Wildman–Crippen LogP) is 2.30. The van der Waals surface area contributed by atoms with Crippen molar-refractivity contribution in [2.75, 3.05) is 13.6 Å². The van der Waals surface area contributed by atoms with Crippen molar-refractivity contribution in [1.82, 2.24) is 9.88 Å². The first-order valence-electron chi connectivity index (χ1n) is 5.93. The van der Waals surface area contributed by atoms with Crippen LogP contribution >= 0.6 is 23.7 Å². The van der Waals surface area contributed by atoms with Crippen LogP contribution in [0.1, 0.15) is 41.9 Å². The van der Waals surface area contributed by atoms with Crippen LogP contribution in [-0.2, 0) is 11.2 Å². The summed E-state index contributed by atoms with van der Waals surface area (Å²) in [5.41, 5.74) is 6.44. The standard InChI is InChI=1S/C12H21N3OS.ClH/c1-5-10-14-8(2)12(17-10)9(3)15(4)11(16)6-7-13;/h9H,5-7,13H2,1-4H3;1H. The summed E-state index contributed by atoms with van der Waals surface area (Å²) in [4.78, 5) is 19.2. The van der Waals surface area contributed by atoms with Crippen LogP contribution in [-0.4, -0.2) is 29.4 Å². The number of aromatic nitrogens is 1. The molecule has 104 valence electrons. The second-order valence-corrected chi connectivity index (χ2v) is 5.25. The van der Waals surface area contributed by atoms with Crippen molar-refractivity contribution in [3.8, 4) is 0 Å². The molecule has 0 radical (unpaired) electrons. The van der Waals surface area contributed by atoms with Crippen LogP contribution in [0.3, 0.4) is 0 Å². The number of amides is 1. The van der Waals surface area contributed by atoms with Gasteiger partial charge in [0.05, 0.1) is 16.7 Å². The molecular weight excluding hydrogens is 270 g/mol. The van der Waals surface area contributed by atoms with Gasteiger partial charge in [-0.25, -0.2) is 4.98 Å². The van der Waals surface area contributed by atoms with E-state index in [1.165, 1.54) is 4.88 Å². The summed E-state index contributed by atoms with van der Waals surface area (Å²) in [6, 6.07) is 0.0758. The number of thiazole rings is 1. The smallest absolute Gasteiger partial charge is 0.224 e. The molecule has 0 fully saturated rings. The van der Waals surface area contributed by atoms with Gasteiger partial charge in [0, 0.05) is 24.9 Å². The highest BCUT2D eigenvalue weighted by molar-refractivity contribution is 7.11. The van der Waals surface area contributed by atoms with Crippen molar-refractivity contribution in [1.29, 1.82) is 0 Å². The number of halogens is 1. The molecule has 1 aromatic heterocycles. The third-order valence-corrected chi connectivity index (χ3v) is 4.36. The van der Waals surface area contributed by atoms with E-state index >= 15 is 0 Å². The van der Waals surface area contributed by atoms with Gasteiger partial charge in [-0.05, 0) is 20.3 Å². The predicted molar refractivity (Wildman–Crippen MR) is 78.3 cm³/mol. The topological polar surface area (TPSA) is 59.2 Å². The fourth-order valence-electron chi connectivity index (χ4n) is 1.70. The molecule has 0 saturated carbocycles. The van der Waals surface area contributed by atoms with Crippen LogP contribution in [0.5, 0.6) is 0 Å². The molecule has 0 aliphatic rings. The molecule has 1 rings (SSSR count). The van der Waals surface area contributed by atoms with Crippen LogP contribution in [0, 0.1) is 6.92 Å². The molecule has 4 nitrogen and oxygen atoms in total. The Hall–Kier alpha value is -0.650. The highest BCUT2D eigenvalue weighted by Crippen LogP contribution is 2.28. The third-order valence-electron chi connectivity index (χ3n) is 2.89. The second-order valence-electron chi connectivity index (χ2n) is 4.13. The van der Waals surface area contributed by atoms with Crippen LogP contribution in [0.25, 0.3) is 0 Å². The molecule has 0 aromatic carbocycles. The molecular formula is C12H22ClN3OS. The monoisotopic (exact) mass is 291 g/mol. The molecule has 1 unspecified atom stereocenters. The van der Waals surface area contributed by atoms with E-state index in [0.29, 0.717) is 13.0 Å². The largest absolute Gasteiger partial charge is 0.338 e. The Labute approximate surface area is 119 Å². The van der Waals surface area contributed by atoms with Gasteiger partial charge >= 0.3 is 0 Å². The zero-order chi connectivity index (χ0) is 13.0. The minimum absolute atomic E-state index is 0. The van der Waals surface area contributed by atoms with E-state index in [1.54, 1.807) is 16.2 Å². The lowest BCUT2D eigenvalue weighted by atomic mass is 10.2. The summed E-state index contributed by atoms with van der Waals surface area (Å²) in [6.07, 6.45) is 1.35. The quantitative estimate of drug-likeness (QED) is 0.905. The van der Waals surface area contributed by atoms with E-state index < -0.39 is 0 Å². The van der Waals surface area contributed by atoms with Crippen LogP contribution in [0.15, 0.2) is 0 Å². The maximum atomic E-state index is 11.8. The minimum atomic E-state index is 0. The first-order chi connectivity index (χ1) is 8.01. The number of rotatable bonds is 5. The van der Waals surface area contributed by atoms with Crippen LogP contribution < -0.4 is 5.73 Å². The van der Waals surface area contributed by atoms with E-state index in [2.05, 4.69) is 11.9 Å². The molecule has 18 heavy (non-hydrogen) atoms. The number of hydrogen-bond donors (Lipinski definition) is 1. The van der Waals surface area contributed by atoms with E-state index in [1.807, 2.05) is 20.9 Å². The molecule has 1 aromatic rings. The molecule has 1 amide bonds. The molecule has 0 saturated heterocycles. The first-order valence-corrected chi connectivity index (χ1v) is 6.74. The van der Waals surface area contributed by atoms with Gasteiger partial charge in [-0.1, -0.05) is 6.92 Å². The lowest BCUT2D eigenvalue weighted by Gasteiger charge is -2.24. The van der Waals surface area contributed by atoms with Gasteiger partial charge in [0.2, 0.25) is 5.91 Å². The Morgan fingerprint density at radius 3 is 2.61 bits per heavy atom. The summed E-state index contributed by atoms with van der Waals surface area (Å²) in [5, 5.41) is 1.13. The Morgan fingerprint density at radius 2 is 2.17 bits per heavy atom. The molecule has 2 N–H and O–H groups in total. The zero-order valence-electron chi connectivity index (χ0n) is 11.4. The molecule has 0 bridgehead atoms. The van der Waals surface area contributed by atoms with Gasteiger partial charge in [0.1, 0.15) is 0 Å². The lowest BCUT2D eigenvalue weighted by molar-refractivity contribution is -0.131. The highest BCUT2D eigenvalue weighted by atomic mass is 35.5. The number of hydrogen-bond acceptors (Lipinski definition) is 4. The van der Waals surface area contributed by atoms with E-state index in [4.69, 9.17) is 5.73 Å². The third kappa shape index (κ3) is 3.93. The average Bonchev–Trinajstić information content (AvgIpc) is 2.69. The maximum Gasteiger partial charge on any atom is 0.224 e. The molecule has 1 atom stereocenters. The summed E-state index contributed by atoms with van der Waals surface area (Å²) >= 11 is 1.70. The minimum Gasteiger partial charge on any atom is -0.338 e. The van der Waals surface area contributed by atoms with Crippen molar-refractivity contribution in [3.63, 3.8) is 0 Å². The number of carbonyl (C=O) groups excluding carboxylic acids is 1. The van der Waals surface area contributed by atoms with E-state index in [-0.39, 0.29) is 24.4 Å². The van der Waals surface area contributed by atoms with Crippen molar-refractivity contribution in [3.05, 3.63) is 15.6 Å². The van der Waals surface area contributed by atoms with Gasteiger partial charge in [0.15, 0.2) is 0 Å². The van der Waals surface area contributed by atoms with Crippen LogP contribution in [0.2, 0.25) is 0 Å². The summed E-state index contributed by atoms with van der Waals surface area (Å²) in [6.45, 7) is 6.53. The van der Waals surface area contributed by atoms with Gasteiger partial charge in [0.25, 0.3) is 0 Å². The van der Waals surface area contributed by atoms with Crippen molar-refractivity contribution < 1.29 is 4.79 Å². The van der Waals surface area contributed by atoms with Crippen molar-refractivity contribution in [2.45, 2.75) is 39.7 Å². The SMILES string of the molecule is CCc1nc(C)c(C(C)N(C)C(=O)CCN)s1.Cl. The average molecular weight is 292 g/mol. The van der Waals surface area contributed by atoms with Crippen molar-refractivity contribution >= 4 is 29.7 Å². The maximum absolute atomic E-state index is 11.8. The number of carbonyl (C=O) groups is 1. The summed E-state index contributed by atoms with van der Waals surface area (Å²) < 4.78 is 0. The highest BCUT2D eigenvalue weighted by Gasteiger charge is 2.21. The second kappa shape index (κ2) is 7.71. The fourth-order valence-corrected chi connectivity index (χ4v) is 2.80. The van der Waals surface area contributed by atoms with Gasteiger partial charge < -0.3 is 10.6 Å².